The van der Waals surface area contributed by atoms with Gasteiger partial charge < -0.3 is 20.3 Å². The minimum Gasteiger partial charge on any atom is -0.475 e. The van der Waals surface area contributed by atoms with Gasteiger partial charge in [0.1, 0.15) is 0 Å². The fourth-order valence-electron chi connectivity index (χ4n) is 3.51. The predicted octanol–water partition coefficient (Wildman–Crippen LogP) is 3.78. The van der Waals surface area contributed by atoms with Crippen LogP contribution in [0.5, 0.6) is 0 Å². The topological polar surface area (TPSA) is 117 Å². The first-order valence-electron chi connectivity index (χ1n) is 9.98. The summed E-state index contributed by atoms with van der Waals surface area (Å²) in [7, 11) is 0. The highest BCUT2D eigenvalue weighted by atomic mass is 32.1. The van der Waals surface area contributed by atoms with Gasteiger partial charge in [-0.1, -0.05) is 18.0 Å². The maximum atomic E-state index is 12.3. The minimum absolute atomic E-state index is 0.0727. The summed E-state index contributed by atoms with van der Waals surface area (Å²) in [6.45, 7) is 1.37. The molecular weight excluding hydrogens is 437 g/mol. The summed E-state index contributed by atoms with van der Waals surface area (Å²) in [4.78, 5) is 27.6. The van der Waals surface area contributed by atoms with Crippen LogP contribution < -0.4 is 10.6 Å². The number of carboxylic acid groups (broad SMARTS) is 1. The third-order valence-electron chi connectivity index (χ3n) is 5.09. The fraction of sp³-hybridized carbons (Fsp3) is 0.579. The molecule has 2 fully saturated rings. The summed E-state index contributed by atoms with van der Waals surface area (Å²) >= 11 is 1.56. The molecule has 3 heterocycles. The van der Waals surface area contributed by atoms with Gasteiger partial charge in [0.2, 0.25) is 5.89 Å². The van der Waals surface area contributed by atoms with Crippen molar-refractivity contribution >= 4 is 23.2 Å². The molecule has 1 saturated carbocycles. The van der Waals surface area contributed by atoms with E-state index in [0.29, 0.717) is 24.3 Å². The Hall–Kier alpha value is -2.47. The number of rotatable bonds is 5. The number of carboxylic acids is 1. The summed E-state index contributed by atoms with van der Waals surface area (Å²) in [5, 5.41) is 17.5. The molecular formula is C19H23F3N4O4S. The van der Waals surface area contributed by atoms with Crippen molar-refractivity contribution in [1.82, 2.24) is 20.8 Å². The van der Waals surface area contributed by atoms with E-state index in [-0.39, 0.29) is 5.91 Å². The summed E-state index contributed by atoms with van der Waals surface area (Å²) in [6.07, 6.45) is 1.98. The van der Waals surface area contributed by atoms with Crippen molar-refractivity contribution in [3.63, 3.8) is 0 Å². The van der Waals surface area contributed by atoms with Gasteiger partial charge in [-0.05, 0) is 44.4 Å². The van der Waals surface area contributed by atoms with Gasteiger partial charge in [-0.3, -0.25) is 4.79 Å². The number of nitrogens with one attached hydrogen (secondary N) is 2. The average molecular weight is 460 g/mol. The first-order chi connectivity index (χ1) is 14.7. The molecule has 0 bridgehead atoms. The SMILES string of the molecule is O=C(NCc1noc(C2CCCC2)n1)c1ccc(C2CCCN2)s1.O=C(O)C(F)(F)F. The lowest BCUT2D eigenvalue weighted by Gasteiger charge is -2.05. The lowest BCUT2D eigenvalue weighted by Crippen LogP contribution is -2.22. The van der Waals surface area contributed by atoms with Crippen molar-refractivity contribution in [2.24, 2.45) is 0 Å². The second kappa shape index (κ2) is 10.2. The molecule has 170 valence electrons. The number of aromatic nitrogens is 2. The molecule has 1 aliphatic heterocycles. The lowest BCUT2D eigenvalue weighted by molar-refractivity contribution is -0.192. The number of aliphatic carboxylic acids is 1. The van der Waals surface area contributed by atoms with Gasteiger partial charge in [0.15, 0.2) is 5.82 Å². The number of thiophene rings is 1. The molecule has 31 heavy (non-hydrogen) atoms. The number of alkyl halides is 3. The van der Waals surface area contributed by atoms with Crippen LogP contribution >= 0.6 is 11.3 Å². The number of amides is 1. The number of hydrogen-bond donors (Lipinski definition) is 3. The second-order valence-electron chi connectivity index (χ2n) is 7.37. The van der Waals surface area contributed by atoms with Crippen LogP contribution in [-0.2, 0) is 11.3 Å². The van der Waals surface area contributed by atoms with Gasteiger partial charge in [0.05, 0.1) is 11.4 Å². The zero-order valence-corrected chi connectivity index (χ0v) is 17.4. The molecule has 1 aliphatic carbocycles. The highest BCUT2D eigenvalue weighted by Gasteiger charge is 2.38. The van der Waals surface area contributed by atoms with E-state index in [4.69, 9.17) is 14.4 Å². The third-order valence-corrected chi connectivity index (χ3v) is 6.29. The number of nitrogens with zero attached hydrogens (tertiary/aromatic N) is 2. The molecule has 4 rings (SSSR count). The highest BCUT2D eigenvalue weighted by Crippen LogP contribution is 2.33. The molecule has 0 aromatic carbocycles. The van der Waals surface area contributed by atoms with E-state index in [1.54, 1.807) is 11.3 Å². The maximum absolute atomic E-state index is 12.3. The molecule has 8 nitrogen and oxygen atoms in total. The Balaban J connectivity index is 0.000000339. The summed E-state index contributed by atoms with van der Waals surface area (Å²) < 4.78 is 37.1. The molecule has 12 heteroatoms. The number of hydrogen-bond acceptors (Lipinski definition) is 7. The molecule has 2 aromatic heterocycles. The Labute approximate surface area is 180 Å². The number of carbonyl (C=O) groups is 2. The van der Waals surface area contributed by atoms with Crippen LogP contribution in [0.15, 0.2) is 16.7 Å². The van der Waals surface area contributed by atoms with E-state index < -0.39 is 12.1 Å². The molecule has 0 spiro atoms. The van der Waals surface area contributed by atoms with Crippen LogP contribution in [0.3, 0.4) is 0 Å². The fourth-order valence-corrected chi connectivity index (χ4v) is 4.55. The Morgan fingerprint density at radius 1 is 1.23 bits per heavy atom. The standard InChI is InChI=1S/C17H22N4O2S.C2HF3O2/c22-16(14-8-7-13(24-14)12-6-3-9-18-12)19-10-15-20-17(23-21-15)11-4-1-2-5-11;3-2(4,5)1(6)7/h7-8,11-12,18H,1-6,9-10H2,(H,19,22);(H,6,7). The molecule has 0 radical (unpaired) electrons. The van der Waals surface area contributed by atoms with Crippen molar-refractivity contribution in [3.05, 3.63) is 33.6 Å². The Morgan fingerprint density at radius 3 is 2.55 bits per heavy atom. The van der Waals surface area contributed by atoms with E-state index in [0.717, 1.165) is 36.6 Å². The predicted molar refractivity (Wildman–Crippen MR) is 105 cm³/mol. The van der Waals surface area contributed by atoms with Gasteiger partial charge in [-0.15, -0.1) is 11.3 Å². The zero-order valence-electron chi connectivity index (χ0n) is 16.6. The van der Waals surface area contributed by atoms with Crippen molar-refractivity contribution in [2.75, 3.05) is 6.54 Å². The Morgan fingerprint density at radius 2 is 1.94 bits per heavy atom. The van der Waals surface area contributed by atoms with Crippen molar-refractivity contribution in [1.29, 1.82) is 0 Å². The Bertz CT molecular complexity index is 887. The summed E-state index contributed by atoms with van der Waals surface area (Å²) in [5.41, 5.74) is 0. The van der Waals surface area contributed by atoms with E-state index in [9.17, 15) is 18.0 Å². The van der Waals surface area contributed by atoms with Crippen LogP contribution in [0.1, 0.15) is 76.7 Å². The van der Waals surface area contributed by atoms with E-state index in [1.807, 2.05) is 6.07 Å². The van der Waals surface area contributed by atoms with E-state index >= 15 is 0 Å². The Kier molecular flexibility index (Phi) is 7.65. The van der Waals surface area contributed by atoms with Gasteiger partial charge in [0.25, 0.3) is 5.91 Å². The first-order valence-corrected chi connectivity index (χ1v) is 10.8. The van der Waals surface area contributed by atoms with Crippen LogP contribution in [-0.4, -0.2) is 39.8 Å². The summed E-state index contributed by atoms with van der Waals surface area (Å²) in [6, 6.07) is 4.35. The van der Waals surface area contributed by atoms with Crippen LogP contribution in [0, 0.1) is 0 Å². The molecule has 1 amide bonds. The van der Waals surface area contributed by atoms with Crippen LogP contribution in [0.4, 0.5) is 13.2 Å². The zero-order chi connectivity index (χ0) is 22.4. The largest absolute Gasteiger partial charge is 0.490 e. The third kappa shape index (κ3) is 6.50. The van der Waals surface area contributed by atoms with Gasteiger partial charge in [-0.25, -0.2) is 4.79 Å². The monoisotopic (exact) mass is 460 g/mol. The smallest absolute Gasteiger partial charge is 0.475 e. The van der Waals surface area contributed by atoms with Gasteiger partial charge in [0, 0.05) is 16.8 Å². The first kappa shape index (κ1) is 23.2. The number of halogens is 3. The molecule has 2 aromatic rings. The second-order valence-corrected chi connectivity index (χ2v) is 8.48. The van der Waals surface area contributed by atoms with Crippen molar-refractivity contribution in [3.8, 4) is 0 Å². The van der Waals surface area contributed by atoms with E-state index in [1.165, 1.54) is 24.1 Å². The van der Waals surface area contributed by atoms with Gasteiger partial charge in [-0.2, -0.15) is 18.2 Å². The van der Waals surface area contributed by atoms with Crippen molar-refractivity contribution in [2.45, 2.75) is 63.2 Å². The molecule has 1 atom stereocenters. The average Bonchev–Trinajstić information content (AvgIpc) is 3.52. The maximum Gasteiger partial charge on any atom is 0.490 e. The minimum atomic E-state index is -5.08. The normalized spacial score (nSPS) is 19.1. The molecule has 1 unspecified atom stereocenters. The lowest BCUT2D eigenvalue weighted by atomic mass is 10.1. The van der Waals surface area contributed by atoms with Crippen molar-refractivity contribution < 1.29 is 32.4 Å². The quantitative estimate of drug-likeness (QED) is 0.622. The van der Waals surface area contributed by atoms with Crippen LogP contribution in [0.25, 0.3) is 0 Å². The van der Waals surface area contributed by atoms with Gasteiger partial charge >= 0.3 is 12.1 Å². The molecule has 2 aliphatic rings. The number of carbonyl (C=O) groups excluding carboxylic acids is 1. The molecule has 3 N–H and O–H groups in total. The highest BCUT2D eigenvalue weighted by molar-refractivity contribution is 7.14. The summed E-state index contributed by atoms with van der Waals surface area (Å²) in [5.74, 6) is -1.15. The van der Waals surface area contributed by atoms with Crippen LogP contribution in [0.2, 0.25) is 0 Å². The molecule has 1 saturated heterocycles. The van der Waals surface area contributed by atoms with E-state index in [2.05, 4.69) is 26.8 Å².